The molecule has 0 bridgehead atoms. The Balaban J connectivity index is 2.44. The van der Waals surface area contributed by atoms with Crippen molar-refractivity contribution in [3.05, 3.63) is 30.1 Å². The van der Waals surface area contributed by atoms with Gasteiger partial charge in [0.2, 0.25) is 0 Å². The standard InChI is InChI=1S/C10H16N2O2/c1-14-7-10(13)9(11)6-8-4-2-3-5-12-8/h2-5,9-10,13H,6-7,11H2,1H3/t9-,10-/m1/s1. The summed E-state index contributed by atoms with van der Waals surface area (Å²) >= 11 is 0. The highest BCUT2D eigenvalue weighted by molar-refractivity contribution is 5.05. The zero-order valence-electron chi connectivity index (χ0n) is 8.26. The van der Waals surface area contributed by atoms with Crippen LogP contribution in [0.3, 0.4) is 0 Å². The lowest BCUT2D eigenvalue weighted by atomic mass is 10.1. The highest BCUT2D eigenvalue weighted by Crippen LogP contribution is 2.01. The SMILES string of the molecule is COC[C@@H](O)[C@H](N)Cc1ccccn1. The number of aliphatic hydroxyl groups excluding tert-OH is 1. The van der Waals surface area contributed by atoms with Crippen molar-refractivity contribution in [3.63, 3.8) is 0 Å². The van der Waals surface area contributed by atoms with Crippen LogP contribution < -0.4 is 5.73 Å². The van der Waals surface area contributed by atoms with E-state index in [9.17, 15) is 5.11 Å². The second-order valence-electron chi connectivity index (χ2n) is 3.21. The number of pyridine rings is 1. The molecular weight excluding hydrogens is 180 g/mol. The maximum absolute atomic E-state index is 9.50. The number of aliphatic hydroxyl groups is 1. The zero-order chi connectivity index (χ0) is 10.4. The normalized spacial score (nSPS) is 15.1. The van der Waals surface area contributed by atoms with Crippen molar-refractivity contribution >= 4 is 0 Å². The number of aromatic nitrogens is 1. The highest BCUT2D eigenvalue weighted by Gasteiger charge is 2.15. The third kappa shape index (κ3) is 3.41. The fourth-order valence-electron chi connectivity index (χ4n) is 1.19. The average molecular weight is 196 g/mol. The number of ether oxygens (including phenoxy) is 1. The summed E-state index contributed by atoms with van der Waals surface area (Å²) in [5.41, 5.74) is 6.65. The van der Waals surface area contributed by atoms with E-state index in [4.69, 9.17) is 10.5 Å². The van der Waals surface area contributed by atoms with Gasteiger partial charge in [-0.15, -0.1) is 0 Å². The smallest absolute Gasteiger partial charge is 0.0927 e. The lowest BCUT2D eigenvalue weighted by Crippen LogP contribution is -2.39. The molecule has 78 valence electrons. The van der Waals surface area contributed by atoms with Gasteiger partial charge in [0.1, 0.15) is 0 Å². The van der Waals surface area contributed by atoms with E-state index in [0.717, 1.165) is 5.69 Å². The first-order valence-electron chi connectivity index (χ1n) is 4.56. The molecule has 0 unspecified atom stereocenters. The van der Waals surface area contributed by atoms with Crippen LogP contribution in [0, 0.1) is 0 Å². The Labute approximate surface area is 83.7 Å². The maximum Gasteiger partial charge on any atom is 0.0927 e. The maximum atomic E-state index is 9.50. The second-order valence-corrected chi connectivity index (χ2v) is 3.21. The van der Waals surface area contributed by atoms with Gasteiger partial charge in [0.05, 0.1) is 12.7 Å². The predicted octanol–water partition coefficient (Wildman–Crippen LogP) is -0.0413. The number of hydrogen-bond donors (Lipinski definition) is 2. The highest BCUT2D eigenvalue weighted by atomic mass is 16.5. The number of hydrogen-bond acceptors (Lipinski definition) is 4. The van der Waals surface area contributed by atoms with Crippen LogP contribution in [0.5, 0.6) is 0 Å². The summed E-state index contributed by atoms with van der Waals surface area (Å²) in [5, 5.41) is 9.50. The molecule has 0 radical (unpaired) electrons. The van der Waals surface area contributed by atoms with Crippen LogP contribution in [0.4, 0.5) is 0 Å². The fourth-order valence-corrected chi connectivity index (χ4v) is 1.19. The van der Waals surface area contributed by atoms with E-state index in [1.165, 1.54) is 7.11 Å². The molecule has 1 heterocycles. The van der Waals surface area contributed by atoms with Crippen molar-refractivity contribution in [2.45, 2.75) is 18.6 Å². The average Bonchev–Trinajstić information content (AvgIpc) is 2.19. The van der Waals surface area contributed by atoms with Gasteiger partial charge in [0.15, 0.2) is 0 Å². The molecule has 0 saturated carbocycles. The van der Waals surface area contributed by atoms with Gasteiger partial charge >= 0.3 is 0 Å². The Morgan fingerprint density at radius 2 is 2.36 bits per heavy atom. The molecule has 0 fully saturated rings. The van der Waals surface area contributed by atoms with Gasteiger partial charge in [-0.05, 0) is 12.1 Å². The van der Waals surface area contributed by atoms with Gasteiger partial charge < -0.3 is 15.6 Å². The molecule has 0 aromatic carbocycles. The summed E-state index contributed by atoms with van der Waals surface area (Å²) in [7, 11) is 1.54. The van der Waals surface area contributed by atoms with E-state index < -0.39 is 6.10 Å². The van der Waals surface area contributed by atoms with Crippen molar-refractivity contribution in [1.29, 1.82) is 0 Å². The number of rotatable bonds is 5. The summed E-state index contributed by atoms with van der Waals surface area (Å²) in [6.07, 6.45) is 1.64. The van der Waals surface area contributed by atoms with Gasteiger partial charge in [0, 0.05) is 31.5 Å². The first-order valence-corrected chi connectivity index (χ1v) is 4.56. The van der Waals surface area contributed by atoms with E-state index in [1.54, 1.807) is 6.20 Å². The largest absolute Gasteiger partial charge is 0.389 e. The number of methoxy groups -OCH3 is 1. The molecule has 3 N–H and O–H groups in total. The number of nitrogens with zero attached hydrogens (tertiary/aromatic N) is 1. The van der Waals surface area contributed by atoms with Crippen LogP contribution in [-0.2, 0) is 11.2 Å². The summed E-state index contributed by atoms with van der Waals surface area (Å²) in [5.74, 6) is 0. The Kier molecular flexibility index (Phi) is 4.52. The van der Waals surface area contributed by atoms with E-state index in [0.29, 0.717) is 6.42 Å². The topological polar surface area (TPSA) is 68.4 Å². The summed E-state index contributed by atoms with van der Waals surface area (Å²) in [6, 6.07) is 5.31. The van der Waals surface area contributed by atoms with Crippen LogP contribution in [0.15, 0.2) is 24.4 Å². The van der Waals surface area contributed by atoms with Gasteiger partial charge in [-0.3, -0.25) is 4.98 Å². The van der Waals surface area contributed by atoms with Crippen LogP contribution in [0.1, 0.15) is 5.69 Å². The minimum Gasteiger partial charge on any atom is -0.389 e. The van der Waals surface area contributed by atoms with E-state index in [1.807, 2.05) is 18.2 Å². The fraction of sp³-hybridized carbons (Fsp3) is 0.500. The molecule has 1 aromatic heterocycles. The molecule has 0 amide bonds. The first-order chi connectivity index (χ1) is 6.74. The van der Waals surface area contributed by atoms with Crippen LogP contribution in [0.2, 0.25) is 0 Å². The predicted molar refractivity (Wildman–Crippen MR) is 53.8 cm³/mol. The molecule has 0 aliphatic heterocycles. The van der Waals surface area contributed by atoms with E-state index in [-0.39, 0.29) is 12.6 Å². The third-order valence-corrected chi connectivity index (χ3v) is 2.00. The van der Waals surface area contributed by atoms with Gasteiger partial charge in [-0.25, -0.2) is 0 Å². The molecular formula is C10H16N2O2. The van der Waals surface area contributed by atoms with Crippen molar-refractivity contribution in [1.82, 2.24) is 4.98 Å². The third-order valence-electron chi connectivity index (χ3n) is 2.00. The van der Waals surface area contributed by atoms with Crippen molar-refractivity contribution in [2.24, 2.45) is 5.73 Å². The Morgan fingerprint density at radius 3 is 2.93 bits per heavy atom. The second kappa shape index (κ2) is 5.70. The van der Waals surface area contributed by atoms with Gasteiger partial charge in [0.25, 0.3) is 0 Å². The van der Waals surface area contributed by atoms with Crippen molar-refractivity contribution < 1.29 is 9.84 Å². The lowest BCUT2D eigenvalue weighted by Gasteiger charge is -2.17. The van der Waals surface area contributed by atoms with Gasteiger partial charge in [-0.2, -0.15) is 0 Å². The Morgan fingerprint density at radius 1 is 1.57 bits per heavy atom. The molecule has 14 heavy (non-hydrogen) atoms. The summed E-state index contributed by atoms with van der Waals surface area (Å²) in [6.45, 7) is 0.258. The molecule has 0 spiro atoms. The quantitative estimate of drug-likeness (QED) is 0.693. The van der Waals surface area contributed by atoms with Crippen LogP contribution in [0.25, 0.3) is 0 Å². The molecule has 4 heteroatoms. The lowest BCUT2D eigenvalue weighted by molar-refractivity contribution is 0.0478. The molecule has 2 atom stereocenters. The zero-order valence-corrected chi connectivity index (χ0v) is 8.26. The minimum atomic E-state index is -0.637. The molecule has 1 rings (SSSR count). The van der Waals surface area contributed by atoms with E-state index in [2.05, 4.69) is 4.98 Å². The van der Waals surface area contributed by atoms with Crippen molar-refractivity contribution in [3.8, 4) is 0 Å². The van der Waals surface area contributed by atoms with Crippen LogP contribution in [-0.4, -0.2) is 36.0 Å². The number of nitrogens with two attached hydrogens (primary N) is 1. The minimum absolute atomic E-state index is 0.258. The Hall–Kier alpha value is -0.970. The monoisotopic (exact) mass is 196 g/mol. The molecule has 1 aromatic rings. The molecule has 0 aliphatic carbocycles. The van der Waals surface area contributed by atoms with Crippen LogP contribution >= 0.6 is 0 Å². The molecule has 4 nitrogen and oxygen atoms in total. The summed E-state index contributed by atoms with van der Waals surface area (Å²) in [4.78, 5) is 4.13. The Bertz CT molecular complexity index is 254. The van der Waals surface area contributed by atoms with E-state index >= 15 is 0 Å². The summed E-state index contributed by atoms with van der Waals surface area (Å²) < 4.78 is 4.81. The van der Waals surface area contributed by atoms with Gasteiger partial charge in [-0.1, -0.05) is 6.07 Å². The first kappa shape index (κ1) is 11.1. The molecule has 0 aliphatic rings. The van der Waals surface area contributed by atoms with Crippen molar-refractivity contribution in [2.75, 3.05) is 13.7 Å². The molecule has 0 saturated heterocycles.